The maximum absolute atomic E-state index is 4.70. The van der Waals surface area contributed by atoms with Crippen molar-refractivity contribution in [3.63, 3.8) is 0 Å². The number of benzene rings is 2. The normalized spacial score (nSPS) is 15.9. The number of halogens is 1. The van der Waals surface area contributed by atoms with Crippen LogP contribution >= 0.6 is 11.8 Å². The number of aromatic nitrogens is 1. The molecule has 0 bridgehead atoms. The molecule has 4 nitrogen and oxygen atoms in total. The molecule has 6 heteroatoms. The Morgan fingerprint density at radius 3 is 2.43 bits per heavy atom. The van der Waals surface area contributed by atoms with Gasteiger partial charge in [0.15, 0.2) is 0 Å². The molecule has 2 aromatic carbocycles. The molecule has 0 unspecified atom stereocenters. The van der Waals surface area contributed by atoms with E-state index < -0.39 is 0 Å². The Kier molecular flexibility index (Phi) is 6.82. The summed E-state index contributed by atoms with van der Waals surface area (Å²) < 4.78 is 0. The van der Waals surface area contributed by atoms with Gasteiger partial charge in [-0.1, -0.05) is 42.1 Å². The molecule has 3 heterocycles. The molecule has 2 aliphatic heterocycles. The summed E-state index contributed by atoms with van der Waals surface area (Å²) in [7, 11) is 0. The predicted octanol–water partition coefficient (Wildman–Crippen LogP) is 0.484. The number of para-hydroxylation sites is 2. The van der Waals surface area contributed by atoms with Gasteiger partial charge in [0.1, 0.15) is 5.82 Å². The van der Waals surface area contributed by atoms with Crippen molar-refractivity contribution in [1.82, 2.24) is 4.98 Å². The Labute approximate surface area is 189 Å². The van der Waals surface area contributed by atoms with E-state index in [1.165, 1.54) is 47.2 Å². The lowest BCUT2D eigenvalue weighted by atomic mass is 10.2. The number of nitrogens with one attached hydrogen (secondary N) is 1. The number of anilines is 3. The van der Waals surface area contributed by atoms with Crippen LogP contribution in [0.4, 0.5) is 17.2 Å². The second kappa shape index (κ2) is 9.73. The zero-order valence-electron chi connectivity index (χ0n) is 17.0. The standard InChI is InChI=1S/C24H26N4S.ClH/c1-2-8-20(9-3-1)27-18-16-26(17-19-27)14-7-15-28-21-10-4-5-11-22(21)29-23-12-6-13-25-24(23)28;/h1-6,8-13H,7,14-19H2;1H. The molecule has 1 fully saturated rings. The Bertz CT molecular complexity index is 915. The fraction of sp³-hybridized carbons (Fsp3) is 0.292. The lowest BCUT2D eigenvalue weighted by molar-refractivity contribution is -0.900. The van der Waals surface area contributed by atoms with Crippen LogP contribution in [0.25, 0.3) is 0 Å². The summed E-state index contributed by atoms with van der Waals surface area (Å²) in [5.41, 5.74) is 2.66. The Balaban J connectivity index is 0.00000218. The lowest BCUT2D eigenvalue weighted by Gasteiger charge is -2.35. The van der Waals surface area contributed by atoms with Crippen molar-refractivity contribution in [3.05, 3.63) is 72.9 Å². The first-order valence-electron chi connectivity index (χ1n) is 10.5. The maximum Gasteiger partial charge on any atom is 0.147 e. The van der Waals surface area contributed by atoms with Crippen LogP contribution in [0.2, 0.25) is 0 Å². The van der Waals surface area contributed by atoms with Gasteiger partial charge in [-0.25, -0.2) is 4.98 Å². The van der Waals surface area contributed by atoms with E-state index in [2.05, 4.69) is 70.5 Å². The average molecular weight is 439 g/mol. The van der Waals surface area contributed by atoms with Crippen LogP contribution in [0, 0.1) is 0 Å². The number of nitrogens with zero attached hydrogens (tertiary/aromatic N) is 3. The molecule has 1 saturated heterocycles. The molecular formula is C24H27ClN4S. The maximum atomic E-state index is 4.70. The monoisotopic (exact) mass is 438 g/mol. The highest BCUT2D eigenvalue weighted by molar-refractivity contribution is 7.99. The van der Waals surface area contributed by atoms with Crippen molar-refractivity contribution in [3.8, 4) is 0 Å². The van der Waals surface area contributed by atoms with Gasteiger partial charge in [0, 0.05) is 29.7 Å². The van der Waals surface area contributed by atoms with Crippen LogP contribution in [0.1, 0.15) is 6.42 Å². The molecule has 0 aliphatic carbocycles. The van der Waals surface area contributed by atoms with Crippen molar-refractivity contribution in [2.75, 3.05) is 49.1 Å². The summed E-state index contributed by atoms with van der Waals surface area (Å²) in [6, 6.07) is 23.7. The summed E-state index contributed by atoms with van der Waals surface area (Å²) in [5, 5.41) is 0. The van der Waals surface area contributed by atoms with Crippen LogP contribution in [0.3, 0.4) is 0 Å². The molecule has 0 spiro atoms. The van der Waals surface area contributed by atoms with Gasteiger partial charge in [0.2, 0.25) is 0 Å². The molecule has 0 radical (unpaired) electrons. The largest absolute Gasteiger partial charge is 1.00 e. The number of fused-ring (bicyclic) bond motifs is 2. The predicted molar refractivity (Wildman–Crippen MR) is 121 cm³/mol. The minimum atomic E-state index is 0. The summed E-state index contributed by atoms with van der Waals surface area (Å²) in [6.07, 6.45) is 3.09. The molecule has 0 amide bonds. The number of pyridine rings is 1. The van der Waals surface area contributed by atoms with Gasteiger partial charge in [-0.05, 0) is 36.4 Å². The molecule has 5 rings (SSSR count). The Morgan fingerprint density at radius 1 is 0.867 bits per heavy atom. The van der Waals surface area contributed by atoms with Crippen LogP contribution in [-0.4, -0.2) is 44.3 Å². The van der Waals surface area contributed by atoms with E-state index in [-0.39, 0.29) is 12.4 Å². The Morgan fingerprint density at radius 2 is 1.60 bits per heavy atom. The second-order valence-corrected chi connectivity index (χ2v) is 8.81. The number of hydrogen-bond acceptors (Lipinski definition) is 4. The third kappa shape index (κ3) is 4.43. The third-order valence-electron chi connectivity index (χ3n) is 5.89. The highest BCUT2D eigenvalue weighted by Gasteiger charge is 2.25. The first-order valence-corrected chi connectivity index (χ1v) is 11.3. The minimum Gasteiger partial charge on any atom is -1.00 e. The first kappa shape index (κ1) is 21.0. The van der Waals surface area contributed by atoms with Crippen LogP contribution in [-0.2, 0) is 0 Å². The van der Waals surface area contributed by atoms with E-state index in [1.807, 2.05) is 24.0 Å². The van der Waals surface area contributed by atoms with Crippen molar-refractivity contribution in [1.29, 1.82) is 0 Å². The lowest BCUT2D eigenvalue weighted by Crippen LogP contribution is -3.15. The van der Waals surface area contributed by atoms with Gasteiger partial charge >= 0.3 is 0 Å². The number of quaternary nitrogens is 1. The van der Waals surface area contributed by atoms with Crippen LogP contribution in [0.5, 0.6) is 0 Å². The van der Waals surface area contributed by atoms with Crippen LogP contribution < -0.4 is 27.1 Å². The third-order valence-corrected chi connectivity index (χ3v) is 6.99. The number of rotatable bonds is 5. The highest BCUT2D eigenvalue weighted by atomic mass is 35.5. The van der Waals surface area contributed by atoms with E-state index in [9.17, 15) is 0 Å². The first-order chi connectivity index (χ1) is 14.4. The van der Waals surface area contributed by atoms with Crippen molar-refractivity contribution in [2.45, 2.75) is 16.2 Å². The zero-order valence-corrected chi connectivity index (χ0v) is 18.6. The van der Waals surface area contributed by atoms with Gasteiger partial charge in [-0.15, -0.1) is 0 Å². The van der Waals surface area contributed by atoms with E-state index in [1.54, 1.807) is 4.90 Å². The smallest absolute Gasteiger partial charge is 0.147 e. The number of piperazine rings is 1. The second-order valence-electron chi connectivity index (χ2n) is 7.72. The molecule has 156 valence electrons. The van der Waals surface area contributed by atoms with Crippen molar-refractivity contribution < 1.29 is 17.3 Å². The molecule has 30 heavy (non-hydrogen) atoms. The van der Waals surface area contributed by atoms with E-state index in [4.69, 9.17) is 4.98 Å². The van der Waals surface area contributed by atoms with E-state index in [0.717, 1.165) is 25.5 Å². The SMILES string of the molecule is [Cl-].c1ccc(N2CC[NH+](CCCN3c4ccccc4Sc4cccnc43)CC2)cc1. The topological polar surface area (TPSA) is 23.8 Å². The molecule has 1 N–H and O–H groups in total. The van der Waals surface area contributed by atoms with Gasteiger partial charge < -0.3 is 27.1 Å². The van der Waals surface area contributed by atoms with Gasteiger partial charge in [0.05, 0.1) is 43.3 Å². The summed E-state index contributed by atoms with van der Waals surface area (Å²) in [6.45, 7) is 6.97. The summed E-state index contributed by atoms with van der Waals surface area (Å²) >= 11 is 1.83. The van der Waals surface area contributed by atoms with Gasteiger partial charge in [0.25, 0.3) is 0 Å². The van der Waals surface area contributed by atoms with E-state index in [0.29, 0.717) is 0 Å². The van der Waals surface area contributed by atoms with Crippen LogP contribution in [0.15, 0.2) is 82.7 Å². The minimum absolute atomic E-state index is 0. The number of hydrogen-bond donors (Lipinski definition) is 1. The van der Waals surface area contributed by atoms with Gasteiger partial charge in [-0.2, -0.15) is 0 Å². The molecule has 1 aromatic heterocycles. The Hall–Kier alpha value is -2.21. The molecule has 2 aliphatic rings. The quantitative estimate of drug-likeness (QED) is 0.626. The van der Waals surface area contributed by atoms with Crippen molar-refractivity contribution in [2.24, 2.45) is 0 Å². The average Bonchev–Trinajstić information content (AvgIpc) is 2.79. The van der Waals surface area contributed by atoms with Crippen molar-refractivity contribution >= 4 is 29.0 Å². The fourth-order valence-electron chi connectivity index (χ4n) is 4.35. The summed E-state index contributed by atoms with van der Waals surface area (Å²) in [4.78, 5) is 13.9. The van der Waals surface area contributed by atoms with E-state index >= 15 is 0 Å². The molecule has 3 aromatic rings. The van der Waals surface area contributed by atoms with Gasteiger partial charge in [-0.3, -0.25) is 0 Å². The zero-order chi connectivity index (χ0) is 19.5. The molecule has 0 atom stereocenters. The fourth-order valence-corrected chi connectivity index (χ4v) is 5.41. The summed E-state index contributed by atoms with van der Waals surface area (Å²) in [5.74, 6) is 1.11. The molecular weight excluding hydrogens is 412 g/mol. The molecule has 0 saturated carbocycles. The highest BCUT2D eigenvalue weighted by Crippen LogP contribution is 2.46.